The number of nitrogens with two attached hydrogens (primary N) is 1. The normalized spacial score (nSPS) is 14.1. The van der Waals surface area contributed by atoms with Crippen molar-refractivity contribution in [2.24, 2.45) is 17.1 Å². The van der Waals surface area contributed by atoms with E-state index in [-0.39, 0.29) is 24.3 Å². The van der Waals surface area contributed by atoms with Crippen molar-refractivity contribution in [3.63, 3.8) is 0 Å². The van der Waals surface area contributed by atoms with Gasteiger partial charge < -0.3 is 16.2 Å². The molecule has 5 heteroatoms. The van der Waals surface area contributed by atoms with E-state index in [0.717, 1.165) is 0 Å². The molecule has 0 saturated carbocycles. The summed E-state index contributed by atoms with van der Waals surface area (Å²) < 4.78 is 0. The van der Waals surface area contributed by atoms with Gasteiger partial charge in [-0.05, 0) is 25.7 Å². The molecule has 0 aromatic rings. The molecule has 1 unspecified atom stereocenters. The van der Waals surface area contributed by atoms with Crippen LogP contribution in [0.2, 0.25) is 0 Å². The van der Waals surface area contributed by atoms with Gasteiger partial charge in [0.2, 0.25) is 5.91 Å². The summed E-state index contributed by atoms with van der Waals surface area (Å²) in [6.07, 6.45) is 0.712. The van der Waals surface area contributed by atoms with E-state index in [0.29, 0.717) is 6.42 Å². The third kappa shape index (κ3) is 8.98. The van der Waals surface area contributed by atoms with Crippen LogP contribution in [0, 0.1) is 11.3 Å². The van der Waals surface area contributed by atoms with E-state index in [9.17, 15) is 9.59 Å². The summed E-state index contributed by atoms with van der Waals surface area (Å²) in [4.78, 5) is 22.7. The van der Waals surface area contributed by atoms with Gasteiger partial charge in [0.05, 0.1) is 5.92 Å². The van der Waals surface area contributed by atoms with Gasteiger partial charge in [-0.25, -0.2) is 0 Å². The number of nitrogens with one attached hydrogen (secondary N) is 1. The van der Waals surface area contributed by atoms with Crippen LogP contribution in [0.3, 0.4) is 0 Å². The average Bonchev–Trinajstić information content (AvgIpc) is 2.06. The third-order valence-electron chi connectivity index (χ3n) is 2.37. The summed E-state index contributed by atoms with van der Waals surface area (Å²) in [5.41, 5.74) is 5.07. The van der Waals surface area contributed by atoms with Crippen molar-refractivity contribution in [3.05, 3.63) is 0 Å². The zero-order valence-corrected chi connectivity index (χ0v) is 12.0. The maximum Gasteiger partial charge on any atom is 0.308 e. The highest BCUT2D eigenvalue weighted by Crippen LogP contribution is 2.24. The van der Waals surface area contributed by atoms with Crippen LogP contribution in [-0.2, 0) is 9.59 Å². The molecule has 0 bridgehead atoms. The summed E-state index contributed by atoms with van der Waals surface area (Å²) >= 11 is 0. The topological polar surface area (TPSA) is 92.4 Å². The number of carbonyl (C=O) groups excluding carboxylic acids is 1. The molecule has 0 spiro atoms. The van der Waals surface area contributed by atoms with Gasteiger partial charge in [0.25, 0.3) is 0 Å². The maximum absolute atomic E-state index is 11.6. The number of carbonyl (C=O) groups is 2. The highest BCUT2D eigenvalue weighted by atomic mass is 16.4. The van der Waals surface area contributed by atoms with E-state index < -0.39 is 17.4 Å². The molecule has 0 radical (unpaired) electrons. The first-order valence-corrected chi connectivity index (χ1v) is 6.19. The number of carboxylic acid groups (broad SMARTS) is 1. The van der Waals surface area contributed by atoms with Gasteiger partial charge in [0.15, 0.2) is 0 Å². The number of rotatable bonds is 6. The molecule has 0 aliphatic carbocycles. The lowest BCUT2D eigenvalue weighted by atomic mass is 9.84. The van der Waals surface area contributed by atoms with Gasteiger partial charge in [-0.3, -0.25) is 9.59 Å². The maximum atomic E-state index is 11.6. The molecule has 0 rings (SSSR count). The molecule has 1 atom stereocenters. The van der Waals surface area contributed by atoms with Crippen LogP contribution in [0.5, 0.6) is 0 Å². The second-order valence-electron chi connectivity index (χ2n) is 6.77. The van der Waals surface area contributed by atoms with Crippen molar-refractivity contribution in [1.82, 2.24) is 5.32 Å². The van der Waals surface area contributed by atoms with Gasteiger partial charge in [0.1, 0.15) is 0 Å². The van der Waals surface area contributed by atoms with Gasteiger partial charge in [-0.15, -0.1) is 0 Å². The standard InChI is InChI=1S/C13H26N2O3/c1-12(2,3)6-9(11(17)18)8-15-10(16)7-13(4,5)14/h9H,6-8,14H2,1-5H3,(H,15,16)(H,17,18). The number of aliphatic carboxylic acids is 1. The summed E-state index contributed by atoms with van der Waals surface area (Å²) in [5, 5.41) is 11.7. The Hall–Kier alpha value is -1.10. The van der Waals surface area contributed by atoms with Crippen molar-refractivity contribution in [2.45, 2.75) is 53.0 Å². The zero-order chi connectivity index (χ0) is 14.6. The first kappa shape index (κ1) is 16.9. The molecule has 18 heavy (non-hydrogen) atoms. The molecule has 1 amide bonds. The minimum atomic E-state index is -0.878. The minimum absolute atomic E-state index is 0.0824. The van der Waals surface area contributed by atoms with E-state index in [1.807, 2.05) is 20.8 Å². The Morgan fingerprint density at radius 3 is 2.06 bits per heavy atom. The van der Waals surface area contributed by atoms with Gasteiger partial charge in [-0.1, -0.05) is 20.8 Å². The Labute approximate surface area is 109 Å². The van der Waals surface area contributed by atoms with Crippen LogP contribution in [0.1, 0.15) is 47.5 Å². The van der Waals surface area contributed by atoms with E-state index >= 15 is 0 Å². The van der Waals surface area contributed by atoms with E-state index in [2.05, 4.69) is 5.32 Å². The Balaban J connectivity index is 4.29. The molecule has 106 valence electrons. The van der Waals surface area contributed by atoms with Gasteiger partial charge in [0, 0.05) is 18.5 Å². The SMILES string of the molecule is CC(C)(C)CC(CNC(=O)CC(C)(C)N)C(=O)O. The first-order chi connectivity index (χ1) is 7.91. The van der Waals surface area contributed by atoms with Gasteiger partial charge in [-0.2, -0.15) is 0 Å². The molecule has 4 N–H and O–H groups in total. The summed E-state index contributed by atoms with van der Waals surface area (Å²) in [5.74, 6) is -1.64. The van der Waals surface area contributed by atoms with Crippen LogP contribution in [0.15, 0.2) is 0 Å². The van der Waals surface area contributed by atoms with Crippen LogP contribution < -0.4 is 11.1 Å². The number of amides is 1. The lowest BCUT2D eigenvalue weighted by Gasteiger charge is -2.24. The molecular weight excluding hydrogens is 232 g/mol. The minimum Gasteiger partial charge on any atom is -0.481 e. The fourth-order valence-corrected chi connectivity index (χ4v) is 1.70. The fraction of sp³-hybridized carbons (Fsp3) is 0.846. The lowest BCUT2D eigenvalue weighted by molar-refractivity contribution is -0.142. The average molecular weight is 258 g/mol. The Kier molecular flexibility index (Phi) is 5.80. The van der Waals surface area contributed by atoms with E-state index in [1.165, 1.54) is 0 Å². The van der Waals surface area contributed by atoms with Gasteiger partial charge >= 0.3 is 5.97 Å². The molecule has 0 heterocycles. The Morgan fingerprint density at radius 1 is 1.22 bits per heavy atom. The summed E-state index contributed by atoms with van der Waals surface area (Å²) in [7, 11) is 0. The second-order valence-corrected chi connectivity index (χ2v) is 6.77. The van der Waals surface area contributed by atoms with Crippen molar-refractivity contribution in [3.8, 4) is 0 Å². The molecule has 0 aromatic heterocycles. The predicted molar refractivity (Wildman–Crippen MR) is 71.1 cm³/mol. The summed E-state index contributed by atoms with van der Waals surface area (Å²) in [6, 6.07) is 0. The Bertz CT molecular complexity index is 300. The highest BCUT2D eigenvalue weighted by Gasteiger charge is 2.25. The lowest BCUT2D eigenvalue weighted by Crippen LogP contribution is -2.41. The zero-order valence-electron chi connectivity index (χ0n) is 12.0. The highest BCUT2D eigenvalue weighted by molar-refractivity contribution is 5.78. The van der Waals surface area contributed by atoms with Crippen molar-refractivity contribution in [1.29, 1.82) is 0 Å². The molecular formula is C13H26N2O3. The number of hydrogen-bond acceptors (Lipinski definition) is 3. The number of hydrogen-bond donors (Lipinski definition) is 3. The van der Waals surface area contributed by atoms with Crippen molar-refractivity contribution >= 4 is 11.9 Å². The van der Waals surface area contributed by atoms with Crippen LogP contribution >= 0.6 is 0 Å². The van der Waals surface area contributed by atoms with Crippen molar-refractivity contribution < 1.29 is 14.7 Å². The predicted octanol–water partition coefficient (Wildman–Crippen LogP) is 1.37. The molecule has 0 aliphatic heterocycles. The first-order valence-electron chi connectivity index (χ1n) is 6.19. The molecule has 0 saturated heterocycles. The quantitative estimate of drug-likeness (QED) is 0.671. The fourth-order valence-electron chi connectivity index (χ4n) is 1.70. The summed E-state index contributed by atoms with van der Waals surface area (Å²) in [6.45, 7) is 9.61. The van der Waals surface area contributed by atoms with Crippen molar-refractivity contribution in [2.75, 3.05) is 6.54 Å². The molecule has 0 aliphatic rings. The largest absolute Gasteiger partial charge is 0.481 e. The molecule has 5 nitrogen and oxygen atoms in total. The Morgan fingerprint density at radius 2 is 1.72 bits per heavy atom. The molecule has 0 fully saturated rings. The molecule has 0 aromatic carbocycles. The van der Waals surface area contributed by atoms with Crippen LogP contribution in [0.4, 0.5) is 0 Å². The smallest absolute Gasteiger partial charge is 0.308 e. The van der Waals surface area contributed by atoms with E-state index in [1.54, 1.807) is 13.8 Å². The van der Waals surface area contributed by atoms with E-state index in [4.69, 9.17) is 10.8 Å². The monoisotopic (exact) mass is 258 g/mol. The van der Waals surface area contributed by atoms with Crippen LogP contribution in [0.25, 0.3) is 0 Å². The third-order valence-corrected chi connectivity index (χ3v) is 2.37. The second kappa shape index (κ2) is 6.18. The number of carboxylic acids is 1. The van der Waals surface area contributed by atoms with Crippen LogP contribution in [-0.4, -0.2) is 29.1 Å².